The lowest BCUT2D eigenvalue weighted by Crippen LogP contribution is -1.84. The standard InChI is InChI=1S/C6H8N4/c1-2-5-8-6(3-4-7)10-9-5/h2-3H2,1H3,(H,8,9,10). The smallest absolute Gasteiger partial charge is 0.150 e. The van der Waals surface area contributed by atoms with Gasteiger partial charge in [0.2, 0.25) is 0 Å². The fourth-order valence-corrected chi connectivity index (χ4v) is 0.647. The van der Waals surface area contributed by atoms with Crippen LogP contribution in [0.15, 0.2) is 0 Å². The largest absolute Gasteiger partial charge is 0.262 e. The maximum atomic E-state index is 8.26. The van der Waals surface area contributed by atoms with E-state index < -0.39 is 0 Å². The Bertz CT molecular complexity index is 244. The third-order valence-corrected chi connectivity index (χ3v) is 1.14. The first-order chi connectivity index (χ1) is 4.86. The Kier molecular flexibility index (Phi) is 2.00. The monoisotopic (exact) mass is 136 g/mol. The number of aromatic amines is 1. The maximum Gasteiger partial charge on any atom is 0.150 e. The Hall–Kier alpha value is -1.37. The van der Waals surface area contributed by atoms with Crippen molar-refractivity contribution in [3.63, 3.8) is 0 Å². The molecule has 0 spiro atoms. The van der Waals surface area contributed by atoms with Crippen molar-refractivity contribution in [3.8, 4) is 6.07 Å². The number of nitriles is 1. The van der Waals surface area contributed by atoms with Crippen LogP contribution in [0, 0.1) is 11.3 Å². The van der Waals surface area contributed by atoms with Crippen molar-refractivity contribution in [3.05, 3.63) is 11.6 Å². The van der Waals surface area contributed by atoms with Gasteiger partial charge >= 0.3 is 0 Å². The van der Waals surface area contributed by atoms with Crippen LogP contribution in [0.5, 0.6) is 0 Å². The molecule has 52 valence electrons. The third kappa shape index (κ3) is 1.32. The second-order valence-electron chi connectivity index (χ2n) is 1.89. The van der Waals surface area contributed by atoms with Crippen molar-refractivity contribution in [1.29, 1.82) is 5.26 Å². The fraction of sp³-hybridized carbons (Fsp3) is 0.500. The number of rotatable bonds is 2. The number of aromatic nitrogens is 3. The molecule has 10 heavy (non-hydrogen) atoms. The topological polar surface area (TPSA) is 65.4 Å². The lowest BCUT2D eigenvalue weighted by Gasteiger charge is -1.79. The molecule has 0 saturated carbocycles. The fourth-order valence-electron chi connectivity index (χ4n) is 0.647. The number of hydrogen-bond donors (Lipinski definition) is 1. The Morgan fingerprint density at radius 3 is 3.00 bits per heavy atom. The SMILES string of the molecule is CCc1n[nH]c(CC#N)n1. The highest BCUT2D eigenvalue weighted by Crippen LogP contribution is 1.92. The minimum atomic E-state index is 0.312. The molecular formula is C6H8N4. The number of hydrogen-bond acceptors (Lipinski definition) is 3. The molecule has 0 aliphatic carbocycles. The van der Waals surface area contributed by atoms with Crippen molar-refractivity contribution >= 4 is 0 Å². The van der Waals surface area contributed by atoms with Gasteiger partial charge in [0.05, 0.1) is 12.5 Å². The van der Waals surface area contributed by atoms with Gasteiger partial charge in [0, 0.05) is 6.42 Å². The molecule has 4 heteroatoms. The van der Waals surface area contributed by atoms with Gasteiger partial charge in [-0.1, -0.05) is 6.92 Å². The van der Waals surface area contributed by atoms with Gasteiger partial charge in [0.1, 0.15) is 11.6 Å². The van der Waals surface area contributed by atoms with Crippen LogP contribution >= 0.6 is 0 Å². The summed E-state index contributed by atoms with van der Waals surface area (Å²) in [5, 5.41) is 14.8. The molecule has 0 atom stereocenters. The molecule has 4 nitrogen and oxygen atoms in total. The van der Waals surface area contributed by atoms with Crippen molar-refractivity contribution in [2.75, 3.05) is 0 Å². The summed E-state index contributed by atoms with van der Waals surface area (Å²) in [5.41, 5.74) is 0. The average Bonchev–Trinajstić information content (AvgIpc) is 2.37. The molecule has 1 heterocycles. The highest BCUT2D eigenvalue weighted by molar-refractivity contribution is 4.96. The highest BCUT2D eigenvalue weighted by atomic mass is 15.2. The third-order valence-electron chi connectivity index (χ3n) is 1.14. The summed E-state index contributed by atoms with van der Waals surface area (Å²) >= 11 is 0. The number of nitrogens with zero attached hydrogens (tertiary/aromatic N) is 3. The molecule has 0 radical (unpaired) electrons. The van der Waals surface area contributed by atoms with Crippen LogP contribution in [0.2, 0.25) is 0 Å². The molecule has 1 aromatic rings. The lowest BCUT2D eigenvalue weighted by molar-refractivity contribution is 0.944. The molecular weight excluding hydrogens is 128 g/mol. The van der Waals surface area contributed by atoms with E-state index in [1.54, 1.807) is 0 Å². The lowest BCUT2D eigenvalue weighted by atomic mass is 10.4. The van der Waals surface area contributed by atoms with Crippen molar-refractivity contribution in [2.24, 2.45) is 0 Å². The Balaban J connectivity index is 2.70. The first-order valence-corrected chi connectivity index (χ1v) is 3.14. The summed E-state index contributed by atoms with van der Waals surface area (Å²) in [4.78, 5) is 4.03. The van der Waals surface area contributed by atoms with Gasteiger partial charge in [-0.3, -0.25) is 5.10 Å². The molecule has 0 amide bonds. The minimum Gasteiger partial charge on any atom is -0.262 e. The second kappa shape index (κ2) is 2.97. The first kappa shape index (κ1) is 6.75. The van der Waals surface area contributed by atoms with Gasteiger partial charge in [-0.05, 0) is 0 Å². The number of aryl methyl sites for hydroxylation is 1. The molecule has 0 aliphatic heterocycles. The van der Waals surface area contributed by atoms with Crippen molar-refractivity contribution in [1.82, 2.24) is 15.2 Å². The molecule has 0 aromatic carbocycles. The van der Waals surface area contributed by atoms with Gasteiger partial charge in [0.25, 0.3) is 0 Å². The summed E-state index contributed by atoms with van der Waals surface area (Å²) in [7, 11) is 0. The molecule has 0 bridgehead atoms. The van der Waals surface area contributed by atoms with Crippen molar-refractivity contribution < 1.29 is 0 Å². The molecule has 1 rings (SSSR count). The van der Waals surface area contributed by atoms with Gasteiger partial charge in [-0.2, -0.15) is 10.4 Å². The van der Waals surface area contributed by atoms with Crippen LogP contribution in [0.25, 0.3) is 0 Å². The zero-order valence-electron chi connectivity index (χ0n) is 5.76. The molecule has 0 saturated heterocycles. The number of nitrogens with one attached hydrogen (secondary N) is 1. The summed E-state index contributed by atoms with van der Waals surface area (Å²) in [5.74, 6) is 1.42. The van der Waals surface area contributed by atoms with Crippen LogP contribution in [-0.4, -0.2) is 15.2 Å². The molecule has 0 aliphatic rings. The summed E-state index contributed by atoms with van der Waals surface area (Å²) in [6.45, 7) is 1.97. The Morgan fingerprint density at radius 1 is 1.70 bits per heavy atom. The zero-order chi connectivity index (χ0) is 7.40. The van der Waals surface area contributed by atoms with Gasteiger partial charge < -0.3 is 0 Å². The quantitative estimate of drug-likeness (QED) is 0.641. The van der Waals surface area contributed by atoms with Gasteiger partial charge in [-0.25, -0.2) is 4.98 Å². The van der Waals surface area contributed by atoms with Crippen LogP contribution < -0.4 is 0 Å². The predicted molar refractivity (Wildman–Crippen MR) is 35.1 cm³/mol. The van der Waals surface area contributed by atoms with E-state index in [1.165, 1.54) is 0 Å². The van der Waals surface area contributed by atoms with E-state index in [0.29, 0.717) is 12.2 Å². The van der Waals surface area contributed by atoms with E-state index in [1.807, 2.05) is 13.0 Å². The zero-order valence-corrected chi connectivity index (χ0v) is 5.76. The molecule has 1 aromatic heterocycles. The molecule has 0 fully saturated rings. The van der Waals surface area contributed by atoms with Crippen LogP contribution in [0.1, 0.15) is 18.6 Å². The van der Waals surface area contributed by atoms with Crippen LogP contribution in [-0.2, 0) is 12.8 Å². The summed E-state index contributed by atoms with van der Waals surface area (Å²) < 4.78 is 0. The van der Waals surface area contributed by atoms with E-state index in [4.69, 9.17) is 5.26 Å². The van der Waals surface area contributed by atoms with E-state index >= 15 is 0 Å². The van der Waals surface area contributed by atoms with E-state index in [-0.39, 0.29) is 0 Å². The average molecular weight is 136 g/mol. The van der Waals surface area contributed by atoms with Crippen LogP contribution in [0.4, 0.5) is 0 Å². The van der Waals surface area contributed by atoms with Crippen molar-refractivity contribution in [2.45, 2.75) is 19.8 Å². The number of H-pyrrole nitrogens is 1. The van der Waals surface area contributed by atoms with Gasteiger partial charge in [0.15, 0.2) is 0 Å². The summed E-state index contributed by atoms with van der Waals surface area (Å²) in [6, 6.07) is 1.99. The van der Waals surface area contributed by atoms with Crippen LogP contribution in [0.3, 0.4) is 0 Å². The first-order valence-electron chi connectivity index (χ1n) is 3.14. The highest BCUT2D eigenvalue weighted by Gasteiger charge is 1.97. The van der Waals surface area contributed by atoms with E-state index in [2.05, 4.69) is 15.2 Å². The molecule has 1 N–H and O–H groups in total. The minimum absolute atomic E-state index is 0.312. The Morgan fingerprint density at radius 2 is 2.50 bits per heavy atom. The maximum absolute atomic E-state index is 8.26. The second-order valence-corrected chi connectivity index (χ2v) is 1.89. The van der Waals surface area contributed by atoms with Gasteiger partial charge in [-0.15, -0.1) is 0 Å². The Labute approximate surface area is 58.9 Å². The normalized spacial score (nSPS) is 9.20. The predicted octanol–water partition coefficient (Wildman–Crippen LogP) is 0.433. The molecule has 0 unspecified atom stereocenters. The van der Waals surface area contributed by atoms with E-state index in [9.17, 15) is 0 Å². The van der Waals surface area contributed by atoms with E-state index in [0.717, 1.165) is 12.2 Å². The summed E-state index contributed by atoms with van der Waals surface area (Å²) in [6.07, 6.45) is 1.12.